The second-order valence-corrected chi connectivity index (χ2v) is 4.42. The minimum absolute atomic E-state index is 0.139. The summed E-state index contributed by atoms with van der Waals surface area (Å²) in [6, 6.07) is 2.08. The molecule has 2 unspecified atom stereocenters. The summed E-state index contributed by atoms with van der Waals surface area (Å²) in [6.07, 6.45) is 1.86. The molecule has 5 heteroatoms. The van der Waals surface area contributed by atoms with Crippen LogP contribution in [0.3, 0.4) is 0 Å². The molecule has 0 spiro atoms. The smallest absolute Gasteiger partial charge is 0.153 e. The molecule has 0 amide bonds. The van der Waals surface area contributed by atoms with Gasteiger partial charge in [-0.1, -0.05) is 0 Å². The number of hydrogen-bond donors (Lipinski definition) is 1. The van der Waals surface area contributed by atoms with Gasteiger partial charge in [0.1, 0.15) is 23.3 Å². The highest BCUT2D eigenvalue weighted by atomic mass is 19.1. The van der Waals surface area contributed by atoms with Crippen molar-refractivity contribution in [3.05, 3.63) is 29.6 Å². The standard InChI is InChI=1S/C12H12F2N2O/c1-6-2-3-10(17-6)12-15-9-5-7(13)4-8(14)11(9)16-12/h4-6,10H,2-3H2,1H3,(H,15,16). The Labute approximate surface area is 96.8 Å². The Morgan fingerprint density at radius 2 is 2.18 bits per heavy atom. The minimum Gasteiger partial charge on any atom is -0.367 e. The van der Waals surface area contributed by atoms with E-state index in [9.17, 15) is 8.78 Å². The summed E-state index contributed by atoms with van der Waals surface area (Å²) in [6.45, 7) is 1.99. The molecule has 0 saturated carbocycles. The molecule has 1 aliphatic heterocycles. The maximum absolute atomic E-state index is 13.5. The summed E-state index contributed by atoms with van der Waals surface area (Å²) in [5.74, 6) is -0.673. The highest BCUT2D eigenvalue weighted by molar-refractivity contribution is 5.75. The van der Waals surface area contributed by atoms with Gasteiger partial charge >= 0.3 is 0 Å². The Hall–Kier alpha value is -1.49. The van der Waals surface area contributed by atoms with Crippen molar-refractivity contribution >= 4 is 11.0 Å². The zero-order chi connectivity index (χ0) is 12.0. The van der Waals surface area contributed by atoms with E-state index in [4.69, 9.17) is 4.74 Å². The van der Waals surface area contributed by atoms with Crippen LogP contribution in [0.2, 0.25) is 0 Å². The van der Waals surface area contributed by atoms with E-state index in [2.05, 4.69) is 9.97 Å². The van der Waals surface area contributed by atoms with Crippen LogP contribution >= 0.6 is 0 Å². The van der Waals surface area contributed by atoms with Crippen LogP contribution in [0.1, 0.15) is 31.7 Å². The van der Waals surface area contributed by atoms with Crippen LogP contribution in [-0.2, 0) is 4.74 Å². The molecular formula is C12H12F2N2O. The molecule has 2 aromatic rings. The maximum atomic E-state index is 13.5. The number of aromatic amines is 1. The van der Waals surface area contributed by atoms with E-state index in [1.807, 2.05) is 6.92 Å². The summed E-state index contributed by atoms with van der Waals surface area (Å²) in [5, 5.41) is 0. The zero-order valence-electron chi connectivity index (χ0n) is 9.34. The van der Waals surface area contributed by atoms with Gasteiger partial charge in [0.05, 0.1) is 11.6 Å². The molecule has 1 aliphatic rings. The lowest BCUT2D eigenvalue weighted by atomic mass is 10.2. The topological polar surface area (TPSA) is 37.9 Å². The monoisotopic (exact) mass is 238 g/mol. The number of imidazole rings is 1. The number of ether oxygens (including phenoxy) is 1. The van der Waals surface area contributed by atoms with Crippen molar-refractivity contribution < 1.29 is 13.5 Å². The van der Waals surface area contributed by atoms with Gasteiger partial charge < -0.3 is 9.72 Å². The molecule has 17 heavy (non-hydrogen) atoms. The maximum Gasteiger partial charge on any atom is 0.153 e. The Morgan fingerprint density at radius 3 is 2.88 bits per heavy atom. The van der Waals surface area contributed by atoms with E-state index in [0.29, 0.717) is 11.3 Å². The molecule has 0 bridgehead atoms. The first-order valence-corrected chi connectivity index (χ1v) is 5.63. The fourth-order valence-corrected chi connectivity index (χ4v) is 2.22. The van der Waals surface area contributed by atoms with Gasteiger partial charge in [-0.15, -0.1) is 0 Å². The van der Waals surface area contributed by atoms with Crippen molar-refractivity contribution in [2.75, 3.05) is 0 Å². The van der Waals surface area contributed by atoms with Crippen LogP contribution in [0.4, 0.5) is 8.78 Å². The number of nitrogens with one attached hydrogen (secondary N) is 1. The molecule has 1 aromatic heterocycles. The molecule has 3 rings (SSSR count). The lowest BCUT2D eigenvalue weighted by molar-refractivity contribution is 0.0510. The third-order valence-corrected chi connectivity index (χ3v) is 3.06. The molecule has 3 nitrogen and oxygen atoms in total. The molecule has 0 aliphatic carbocycles. The Kier molecular flexibility index (Phi) is 2.36. The van der Waals surface area contributed by atoms with Crippen molar-refractivity contribution in [1.29, 1.82) is 0 Å². The minimum atomic E-state index is -0.645. The lowest BCUT2D eigenvalue weighted by Crippen LogP contribution is -2.02. The van der Waals surface area contributed by atoms with Crippen LogP contribution in [-0.4, -0.2) is 16.1 Å². The summed E-state index contributed by atoms with van der Waals surface area (Å²) in [5.41, 5.74) is 0.546. The first kappa shape index (κ1) is 10.7. The number of rotatable bonds is 1. The summed E-state index contributed by atoms with van der Waals surface area (Å²) in [4.78, 5) is 7.07. The highest BCUT2D eigenvalue weighted by Gasteiger charge is 2.26. The molecule has 90 valence electrons. The van der Waals surface area contributed by atoms with E-state index in [1.165, 1.54) is 6.07 Å². The van der Waals surface area contributed by atoms with Crippen LogP contribution in [0.15, 0.2) is 12.1 Å². The van der Waals surface area contributed by atoms with Gasteiger partial charge in [-0.3, -0.25) is 0 Å². The van der Waals surface area contributed by atoms with Gasteiger partial charge in [0.25, 0.3) is 0 Å². The van der Waals surface area contributed by atoms with E-state index in [1.54, 1.807) is 0 Å². The number of benzene rings is 1. The Bertz CT molecular complexity index is 567. The summed E-state index contributed by atoms with van der Waals surface area (Å²) in [7, 11) is 0. The van der Waals surface area contributed by atoms with E-state index in [-0.39, 0.29) is 17.7 Å². The van der Waals surface area contributed by atoms with Crippen molar-refractivity contribution in [3.63, 3.8) is 0 Å². The van der Waals surface area contributed by atoms with Gasteiger partial charge in [-0.2, -0.15) is 0 Å². The summed E-state index contributed by atoms with van der Waals surface area (Å²) < 4.78 is 32.1. The largest absolute Gasteiger partial charge is 0.367 e. The molecule has 0 radical (unpaired) electrons. The van der Waals surface area contributed by atoms with Crippen LogP contribution < -0.4 is 0 Å². The van der Waals surface area contributed by atoms with Crippen molar-refractivity contribution in [3.8, 4) is 0 Å². The first-order valence-electron chi connectivity index (χ1n) is 5.63. The lowest BCUT2D eigenvalue weighted by Gasteiger charge is -2.06. The average molecular weight is 238 g/mol. The normalized spacial score (nSPS) is 24.6. The fraction of sp³-hybridized carbons (Fsp3) is 0.417. The third kappa shape index (κ3) is 1.80. The molecular weight excluding hydrogens is 226 g/mol. The van der Waals surface area contributed by atoms with Crippen molar-refractivity contribution in [1.82, 2.24) is 9.97 Å². The summed E-state index contributed by atoms with van der Waals surface area (Å²) >= 11 is 0. The van der Waals surface area contributed by atoms with E-state index in [0.717, 1.165) is 18.9 Å². The number of fused-ring (bicyclic) bond motifs is 1. The van der Waals surface area contributed by atoms with Gasteiger partial charge in [-0.05, 0) is 25.8 Å². The van der Waals surface area contributed by atoms with Gasteiger partial charge in [0, 0.05) is 6.07 Å². The Morgan fingerprint density at radius 1 is 1.35 bits per heavy atom. The van der Waals surface area contributed by atoms with E-state index < -0.39 is 11.6 Å². The van der Waals surface area contributed by atoms with Crippen molar-refractivity contribution in [2.24, 2.45) is 0 Å². The molecule has 2 heterocycles. The number of aromatic nitrogens is 2. The predicted molar refractivity (Wildman–Crippen MR) is 58.5 cm³/mol. The Balaban J connectivity index is 2.04. The van der Waals surface area contributed by atoms with Crippen LogP contribution in [0, 0.1) is 11.6 Å². The molecule has 2 atom stereocenters. The van der Waals surface area contributed by atoms with Gasteiger partial charge in [-0.25, -0.2) is 13.8 Å². The first-order chi connectivity index (χ1) is 8.13. The quantitative estimate of drug-likeness (QED) is 0.829. The van der Waals surface area contributed by atoms with Crippen LogP contribution in [0.5, 0.6) is 0 Å². The number of hydrogen-bond acceptors (Lipinski definition) is 2. The SMILES string of the molecule is CC1CCC(c2nc3c(F)cc(F)cc3[nH]2)O1. The fourth-order valence-electron chi connectivity index (χ4n) is 2.22. The highest BCUT2D eigenvalue weighted by Crippen LogP contribution is 2.32. The molecule has 1 saturated heterocycles. The van der Waals surface area contributed by atoms with Crippen molar-refractivity contribution in [2.45, 2.75) is 32.0 Å². The zero-order valence-corrected chi connectivity index (χ0v) is 9.34. The second-order valence-electron chi connectivity index (χ2n) is 4.42. The van der Waals surface area contributed by atoms with Gasteiger partial charge in [0.15, 0.2) is 5.82 Å². The number of H-pyrrole nitrogens is 1. The second kappa shape index (κ2) is 3.77. The molecule has 1 fully saturated rings. The number of halogens is 2. The third-order valence-electron chi connectivity index (χ3n) is 3.06. The molecule has 1 aromatic carbocycles. The predicted octanol–water partition coefficient (Wildman–Crippen LogP) is 3.08. The average Bonchev–Trinajstić information content (AvgIpc) is 2.83. The van der Waals surface area contributed by atoms with Crippen LogP contribution in [0.25, 0.3) is 11.0 Å². The van der Waals surface area contributed by atoms with E-state index >= 15 is 0 Å². The number of nitrogens with zero attached hydrogens (tertiary/aromatic N) is 1. The van der Waals surface area contributed by atoms with Gasteiger partial charge in [0.2, 0.25) is 0 Å². The molecule has 1 N–H and O–H groups in total.